The van der Waals surface area contributed by atoms with E-state index in [-0.39, 0.29) is 0 Å². The molecule has 0 saturated heterocycles. The highest BCUT2D eigenvalue weighted by Crippen LogP contribution is 2.59. The Morgan fingerprint density at radius 1 is 0.818 bits per heavy atom. The van der Waals surface area contributed by atoms with Gasteiger partial charge in [-0.25, -0.2) is 0 Å². The number of rotatable bonds is 1. The molecule has 0 radical (unpaired) electrons. The van der Waals surface area contributed by atoms with Gasteiger partial charge in [0.15, 0.2) is 0 Å². The SMILES string of the molecule is C1CC2(C1)CCC(C1CC1)C2. The van der Waals surface area contributed by atoms with Crippen LogP contribution in [0.1, 0.15) is 51.4 Å². The maximum atomic E-state index is 1.62. The Hall–Kier alpha value is 0. The van der Waals surface area contributed by atoms with Crippen molar-refractivity contribution in [3.8, 4) is 0 Å². The van der Waals surface area contributed by atoms with E-state index in [4.69, 9.17) is 0 Å². The molecule has 0 amide bonds. The third kappa shape index (κ3) is 0.947. The van der Waals surface area contributed by atoms with Crippen molar-refractivity contribution in [3.63, 3.8) is 0 Å². The molecule has 0 nitrogen and oxygen atoms in total. The van der Waals surface area contributed by atoms with Crippen molar-refractivity contribution in [2.75, 3.05) is 0 Å². The van der Waals surface area contributed by atoms with Crippen LogP contribution >= 0.6 is 0 Å². The van der Waals surface area contributed by atoms with Crippen LogP contribution < -0.4 is 0 Å². The number of hydrogen-bond donors (Lipinski definition) is 0. The molecule has 3 aliphatic rings. The van der Waals surface area contributed by atoms with E-state index in [0.29, 0.717) is 0 Å². The van der Waals surface area contributed by atoms with Gasteiger partial charge in [-0.1, -0.05) is 6.42 Å². The Kier molecular flexibility index (Phi) is 1.20. The van der Waals surface area contributed by atoms with Gasteiger partial charge in [-0.3, -0.25) is 0 Å². The van der Waals surface area contributed by atoms with Crippen LogP contribution in [0.5, 0.6) is 0 Å². The van der Waals surface area contributed by atoms with Crippen LogP contribution in [0.15, 0.2) is 0 Å². The summed E-state index contributed by atoms with van der Waals surface area (Å²) in [4.78, 5) is 0. The molecule has 0 bridgehead atoms. The van der Waals surface area contributed by atoms with Crippen LogP contribution in [-0.2, 0) is 0 Å². The van der Waals surface area contributed by atoms with Gasteiger partial charge < -0.3 is 0 Å². The zero-order valence-corrected chi connectivity index (χ0v) is 7.31. The molecule has 0 N–H and O–H groups in total. The highest BCUT2D eigenvalue weighted by molar-refractivity contribution is 4.98. The third-order valence-corrected chi connectivity index (χ3v) is 4.44. The molecule has 62 valence electrons. The van der Waals surface area contributed by atoms with Crippen molar-refractivity contribution < 1.29 is 0 Å². The lowest BCUT2D eigenvalue weighted by atomic mass is 9.67. The third-order valence-electron chi connectivity index (χ3n) is 4.44. The van der Waals surface area contributed by atoms with Crippen molar-refractivity contribution in [1.29, 1.82) is 0 Å². The standard InChI is InChI=1S/C11H18/c1-5-11(6-1)7-4-10(8-11)9-2-3-9/h9-10H,1-8H2. The zero-order valence-electron chi connectivity index (χ0n) is 7.31. The van der Waals surface area contributed by atoms with Crippen LogP contribution in [0.25, 0.3) is 0 Å². The molecule has 0 aliphatic heterocycles. The summed E-state index contributed by atoms with van der Waals surface area (Å²) in [5.74, 6) is 2.37. The normalized spacial score (nSPS) is 40.9. The smallest absolute Gasteiger partial charge is 0.0295 e. The minimum absolute atomic E-state index is 0.910. The zero-order chi connectivity index (χ0) is 7.31. The summed E-state index contributed by atoms with van der Waals surface area (Å²) in [5.41, 5.74) is 0.910. The molecular formula is C11H18. The molecule has 1 spiro atoms. The first kappa shape index (κ1) is 6.51. The fourth-order valence-corrected chi connectivity index (χ4v) is 3.35. The van der Waals surface area contributed by atoms with Gasteiger partial charge in [0.2, 0.25) is 0 Å². The Balaban J connectivity index is 1.66. The largest absolute Gasteiger partial charge is 0.0522 e. The molecule has 3 aliphatic carbocycles. The lowest BCUT2D eigenvalue weighted by Crippen LogP contribution is -2.25. The lowest BCUT2D eigenvalue weighted by molar-refractivity contribution is 0.134. The molecule has 0 heteroatoms. The Morgan fingerprint density at radius 2 is 1.64 bits per heavy atom. The second-order valence-corrected chi connectivity index (χ2v) is 5.19. The van der Waals surface area contributed by atoms with Gasteiger partial charge in [-0.15, -0.1) is 0 Å². The van der Waals surface area contributed by atoms with Crippen molar-refractivity contribution >= 4 is 0 Å². The van der Waals surface area contributed by atoms with Crippen LogP contribution in [0.4, 0.5) is 0 Å². The van der Waals surface area contributed by atoms with Gasteiger partial charge in [-0.05, 0) is 62.2 Å². The Morgan fingerprint density at radius 3 is 2.09 bits per heavy atom. The second-order valence-electron chi connectivity index (χ2n) is 5.19. The van der Waals surface area contributed by atoms with E-state index < -0.39 is 0 Å². The summed E-state index contributed by atoms with van der Waals surface area (Å²) in [7, 11) is 0. The van der Waals surface area contributed by atoms with Crippen molar-refractivity contribution in [3.05, 3.63) is 0 Å². The highest BCUT2D eigenvalue weighted by atomic mass is 14.5. The average Bonchev–Trinajstić information content (AvgIpc) is 2.67. The summed E-state index contributed by atoms with van der Waals surface area (Å²) in [6.07, 6.45) is 12.6. The van der Waals surface area contributed by atoms with Gasteiger partial charge in [0, 0.05) is 0 Å². The summed E-state index contributed by atoms with van der Waals surface area (Å²) >= 11 is 0. The summed E-state index contributed by atoms with van der Waals surface area (Å²) in [6.45, 7) is 0. The second kappa shape index (κ2) is 2.02. The van der Waals surface area contributed by atoms with Crippen LogP contribution in [0.2, 0.25) is 0 Å². The molecule has 3 saturated carbocycles. The monoisotopic (exact) mass is 150 g/mol. The lowest BCUT2D eigenvalue weighted by Gasteiger charge is -2.38. The minimum Gasteiger partial charge on any atom is -0.0522 e. The summed E-state index contributed by atoms with van der Waals surface area (Å²) in [6, 6.07) is 0. The predicted octanol–water partition coefficient (Wildman–Crippen LogP) is 3.37. The van der Waals surface area contributed by atoms with Gasteiger partial charge >= 0.3 is 0 Å². The van der Waals surface area contributed by atoms with E-state index in [9.17, 15) is 0 Å². The van der Waals surface area contributed by atoms with Crippen molar-refractivity contribution in [1.82, 2.24) is 0 Å². The quantitative estimate of drug-likeness (QED) is 0.537. The molecule has 0 aromatic carbocycles. The molecule has 11 heavy (non-hydrogen) atoms. The Bertz CT molecular complexity index is 163. The molecule has 0 aromatic heterocycles. The highest BCUT2D eigenvalue weighted by Gasteiger charge is 2.47. The van der Waals surface area contributed by atoms with Gasteiger partial charge in [0.25, 0.3) is 0 Å². The van der Waals surface area contributed by atoms with Gasteiger partial charge in [0.05, 0.1) is 0 Å². The Labute approximate surface area is 69.4 Å². The number of hydrogen-bond acceptors (Lipinski definition) is 0. The van der Waals surface area contributed by atoms with Crippen molar-refractivity contribution in [2.45, 2.75) is 51.4 Å². The summed E-state index contributed by atoms with van der Waals surface area (Å²) < 4.78 is 0. The van der Waals surface area contributed by atoms with Gasteiger partial charge in [-0.2, -0.15) is 0 Å². The summed E-state index contributed by atoms with van der Waals surface area (Å²) in [5, 5.41) is 0. The first-order chi connectivity index (χ1) is 5.38. The molecule has 0 heterocycles. The van der Waals surface area contributed by atoms with Gasteiger partial charge in [0.1, 0.15) is 0 Å². The molecule has 1 unspecified atom stereocenters. The average molecular weight is 150 g/mol. The van der Waals surface area contributed by atoms with E-state index in [1.165, 1.54) is 18.3 Å². The van der Waals surface area contributed by atoms with Crippen LogP contribution in [0.3, 0.4) is 0 Å². The molecule has 3 rings (SSSR count). The van der Waals surface area contributed by atoms with Crippen molar-refractivity contribution in [2.24, 2.45) is 17.3 Å². The maximum Gasteiger partial charge on any atom is -0.0295 e. The minimum atomic E-state index is 0.910. The molecule has 0 aromatic rings. The van der Waals surface area contributed by atoms with E-state index in [1.54, 1.807) is 44.9 Å². The topological polar surface area (TPSA) is 0 Å². The van der Waals surface area contributed by atoms with E-state index in [2.05, 4.69) is 0 Å². The fraction of sp³-hybridized carbons (Fsp3) is 1.00. The first-order valence-electron chi connectivity index (χ1n) is 5.38. The maximum absolute atomic E-state index is 1.62. The molecule has 3 fully saturated rings. The van der Waals surface area contributed by atoms with E-state index in [0.717, 1.165) is 5.41 Å². The fourth-order valence-electron chi connectivity index (χ4n) is 3.35. The van der Waals surface area contributed by atoms with Crippen LogP contribution in [0, 0.1) is 17.3 Å². The molecular weight excluding hydrogens is 132 g/mol. The molecule has 1 atom stereocenters. The predicted molar refractivity (Wildman–Crippen MR) is 46.3 cm³/mol. The first-order valence-corrected chi connectivity index (χ1v) is 5.38. The van der Waals surface area contributed by atoms with Crippen LogP contribution in [-0.4, -0.2) is 0 Å². The van der Waals surface area contributed by atoms with E-state index >= 15 is 0 Å². The van der Waals surface area contributed by atoms with E-state index in [1.807, 2.05) is 0 Å².